The Kier molecular flexibility index (Phi) is 5.63. The van der Waals surface area contributed by atoms with Crippen LogP contribution in [-0.2, 0) is 0 Å². The fourth-order valence-corrected chi connectivity index (χ4v) is 6.06. The van der Waals surface area contributed by atoms with Crippen molar-refractivity contribution < 1.29 is 0 Å². The van der Waals surface area contributed by atoms with Gasteiger partial charge in [0, 0.05) is 6.54 Å². The van der Waals surface area contributed by atoms with Crippen LogP contribution >= 0.6 is 0 Å². The smallest absolute Gasteiger partial charge is 0.168 e. The van der Waals surface area contributed by atoms with E-state index in [0.717, 1.165) is 5.82 Å². The van der Waals surface area contributed by atoms with Crippen LogP contribution in [0.1, 0.15) is 109 Å². The molecular formula is C21H37N5. The molecule has 3 aliphatic rings. The Morgan fingerprint density at radius 1 is 0.923 bits per heavy atom. The number of rotatable bonds is 4. The first kappa shape index (κ1) is 18.4. The second kappa shape index (κ2) is 7.95. The lowest BCUT2D eigenvalue weighted by atomic mass is 9.69. The summed E-state index contributed by atoms with van der Waals surface area (Å²) < 4.78 is 2.21. The van der Waals surface area contributed by atoms with Crippen LogP contribution in [0.5, 0.6) is 0 Å². The fraction of sp³-hybridized carbons (Fsp3) is 0.952. The topological polar surface area (TPSA) is 46.8 Å². The molecule has 2 aliphatic carbocycles. The summed E-state index contributed by atoms with van der Waals surface area (Å²) in [5.74, 6) is 1.68. The van der Waals surface area contributed by atoms with Gasteiger partial charge in [-0.1, -0.05) is 52.4 Å². The Balaban J connectivity index is 1.57. The maximum absolute atomic E-state index is 4.58. The minimum atomic E-state index is 0.367. The van der Waals surface area contributed by atoms with E-state index in [1.165, 1.54) is 90.1 Å². The molecule has 0 bridgehead atoms. The monoisotopic (exact) mass is 359 g/mol. The second-order valence-electron chi connectivity index (χ2n) is 9.60. The molecule has 2 heterocycles. The summed E-state index contributed by atoms with van der Waals surface area (Å²) in [6, 6.07) is 0.884. The fourth-order valence-electron chi connectivity index (χ4n) is 6.06. The van der Waals surface area contributed by atoms with Gasteiger partial charge >= 0.3 is 0 Å². The molecule has 146 valence electrons. The lowest BCUT2D eigenvalue weighted by Gasteiger charge is -2.48. The predicted octanol–water partition coefficient (Wildman–Crippen LogP) is 4.92. The minimum Gasteiger partial charge on any atom is -0.293 e. The maximum Gasteiger partial charge on any atom is 0.168 e. The van der Waals surface area contributed by atoms with Crippen LogP contribution in [0.25, 0.3) is 0 Å². The third kappa shape index (κ3) is 3.69. The highest BCUT2D eigenvalue weighted by Crippen LogP contribution is 2.46. The van der Waals surface area contributed by atoms with Crippen LogP contribution in [0, 0.1) is 11.3 Å². The zero-order valence-corrected chi connectivity index (χ0v) is 16.9. The van der Waals surface area contributed by atoms with E-state index in [9.17, 15) is 0 Å². The van der Waals surface area contributed by atoms with Crippen molar-refractivity contribution in [2.75, 3.05) is 13.1 Å². The average molecular weight is 360 g/mol. The van der Waals surface area contributed by atoms with Crippen molar-refractivity contribution in [2.45, 2.75) is 103 Å². The van der Waals surface area contributed by atoms with Gasteiger partial charge in [-0.15, -0.1) is 5.10 Å². The number of aromatic nitrogens is 4. The van der Waals surface area contributed by atoms with Crippen molar-refractivity contribution in [2.24, 2.45) is 11.3 Å². The number of nitrogens with zero attached hydrogens (tertiary/aromatic N) is 5. The molecule has 1 aliphatic heterocycles. The average Bonchev–Trinajstić information content (AvgIpc) is 3.12. The number of hydrogen-bond acceptors (Lipinski definition) is 4. The summed E-state index contributed by atoms with van der Waals surface area (Å²) in [6.45, 7) is 7.18. The highest BCUT2D eigenvalue weighted by atomic mass is 15.6. The van der Waals surface area contributed by atoms with Gasteiger partial charge in [0.2, 0.25) is 0 Å². The largest absolute Gasteiger partial charge is 0.293 e. The molecule has 1 saturated heterocycles. The maximum atomic E-state index is 4.58. The van der Waals surface area contributed by atoms with Crippen molar-refractivity contribution in [1.82, 2.24) is 25.1 Å². The minimum absolute atomic E-state index is 0.367. The highest BCUT2D eigenvalue weighted by Gasteiger charge is 2.41. The van der Waals surface area contributed by atoms with Gasteiger partial charge in [0.05, 0.1) is 12.1 Å². The van der Waals surface area contributed by atoms with E-state index < -0.39 is 0 Å². The van der Waals surface area contributed by atoms with E-state index in [1.54, 1.807) is 0 Å². The number of hydrogen-bond donors (Lipinski definition) is 0. The first-order chi connectivity index (χ1) is 12.7. The van der Waals surface area contributed by atoms with Gasteiger partial charge in [-0.05, 0) is 66.8 Å². The van der Waals surface area contributed by atoms with Crippen molar-refractivity contribution in [3.8, 4) is 0 Å². The van der Waals surface area contributed by atoms with Gasteiger partial charge in [-0.3, -0.25) is 4.90 Å². The van der Waals surface area contributed by atoms with Gasteiger partial charge in [-0.25, -0.2) is 4.68 Å². The molecule has 5 nitrogen and oxygen atoms in total. The van der Waals surface area contributed by atoms with Crippen LogP contribution in [0.3, 0.4) is 0 Å². The zero-order chi connectivity index (χ0) is 18.0. The predicted molar refractivity (Wildman–Crippen MR) is 104 cm³/mol. The quantitative estimate of drug-likeness (QED) is 0.765. The Labute approximate surface area is 158 Å². The van der Waals surface area contributed by atoms with E-state index in [-0.39, 0.29) is 0 Å². The second-order valence-corrected chi connectivity index (χ2v) is 9.60. The van der Waals surface area contributed by atoms with E-state index in [0.29, 0.717) is 23.4 Å². The summed E-state index contributed by atoms with van der Waals surface area (Å²) in [7, 11) is 0. The molecular weight excluding hydrogens is 322 g/mol. The molecule has 1 aromatic heterocycles. The zero-order valence-electron chi connectivity index (χ0n) is 16.9. The van der Waals surface area contributed by atoms with Gasteiger partial charge in [0.1, 0.15) is 0 Å². The normalized spacial score (nSPS) is 26.4. The van der Waals surface area contributed by atoms with Gasteiger partial charge in [0.25, 0.3) is 0 Å². The van der Waals surface area contributed by atoms with E-state index >= 15 is 0 Å². The van der Waals surface area contributed by atoms with E-state index in [1.807, 2.05) is 0 Å². The molecule has 0 amide bonds. The molecule has 2 saturated carbocycles. The van der Waals surface area contributed by atoms with E-state index in [2.05, 4.69) is 39.0 Å². The van der Waals surface area contributed by atoms with Crippen LogP contribution in [0.4, 0.5) is 0 Å². The number of piperidine rings is 1. The molecule has 1 atom stereocenters. The Morgan fingerprint density at radius 2 is 1.62 bits per heavy atom. The van der Waals surface area contributed by atoms with Gasteiger partial charge in [0.15, 0.2) is 5.82 Å². The van der Waals surface area contributed by atoms with Crippen LogP contribution in [0.2, 0.25) is 0 Å². The van der Waals surface area contributed by atoms with Gasteiger partial charge in [-0.2, -0.15) is 0 Å². The Morgan fingerprint density at radius 3 is 2.35 bits per heavy atom. The number of tetrazole rings is 1. The third-order valence-electron chi connectivity index (χ3n) is 7.33. The molecule has 4 rings (SSSR count). The lowest BCUT2D eigenvalue weighted by molar-refractivity contribution is 0.0103. The summed E-state index contributed by atoms with van der Waals surface area (Å²) in [5.41, 5.74) is 0.576. The van der Waals surface area contributed by atoms with Crippen molar-refractivity contribution >= 4 is 0 Å². The molecule has 0 unspecified atom stereocenters. The molecule has 3 fully saturated rings. The van der Waals surface area contributed by atoms with Crippen molar-refractivity contribution in [3.05, 3.63) is 5.82 Å². The Bertz CT molecular complexity index is 563. The van der Waals surface area contributed by atoms with E-state index in [4.69, 9.17) is 0 Å². The first-order valence-electron chi connectivity index (χ1n) is 11.2. The van der Waals surface area contributed by atoms with Crippen LogP contribution < -0.4 is 0 Å². The molecule has 0 radical (unpaired) electrons. The van der Waals surface area contributed by atoms with Crippen molar-refractivity contribution in [1.29, 1.82) is 0 Å². The van der Waals surface area contributed by atoms with Crippen LogP contribution in [-0.4, -0.2) is 38.2 Å². The molecule has 0 N–H and O–H groups in total. The Hall–Kier alpha value is -0.970. The van der Waals surface area contributed by atoms with Gasteiger partial charge < -0.3 is 0 Å². The standard InChI is InChI=1S/C21H37N5/c1-17(2)19(20-22-23-24-26(20)18-10-5-3-6-11-18)25-15-9-14-21(16-25)12-7-4-8-13-21/h17-19H,3-16H2,1-2H3/t19-/m0/s1. The van der Waals surface area contributed by atoms with Crippen molar-refractivity contribution in [3.63, 3.8) is 0 Å². The summed E-state index contributed by atoms with van der Waals surface area (Å²) >= 11 is 0. The molecule has 5 heteroatoms. The summed E-state index contributed by atoms with van der Waals surface area (Å²) in [6.07, 6.45) is 16.4. The molecule has 0 aromatic carbocycles. The molecule has 1 aromatic rings. The molecule has 26 heavy (non-hydrogen) atoms. The highest BCUT2D eigenvalue weighted by molar-refractivity contribution is 5.01. The number of likely N-dealkylation sites (tertiary alicyclic amines) is 1. The summed E-state index contributed by atoms with van der Waals surface area (Å²) in [5, 5.41) is 13.2. The third-order valence-corrected chi connectivity index (χ3v) is 7.33. The first-order valence-corrected chi connectivity index (χ1v) is 11.2. The SMILES string of the molecule is CC(C)[C@@H](c1nnnn1C1CCCCC1)N1CCCC2(CCCCC2)C1. The van der Waals surface area contributed by atoms with Crippen LogP contribution in [0.15, 0.2) is 0 Å². The molecule has 1 spiro atoms. The summed E-state index contributed by atoms with van der Waals surface area (Å²) in [4.78, 5) is 2.75. The lowest BCUT2D eigenvalue weighted by Crippen LogP contribution is -2.47.